The number of hydrogen-bond donors (Lipinski definition) is 2. The topological polar surface area (TPSA) is 61.4 Å². The quantitative estimate of drug-likeness (QED) is 0.753. The van der Waals surface area contributed by atoms with Gasteiger partial charge in [-0.05, 0) is 37.0 Å². The van der Waals surface area contributed by atoms with Crippen LogP contribution in [0.15, 0.2) is 24.3 Å². The van der Waals surface area contributed by atoms with Crippen molar-refractivity contribution in [3.63, 3.8) is 0 Å². The van der Waals surface area contributed by atoms with E-state index in [2.05, 4.69) is 10.6 Å². The number of halogens is 1. The summed E-state index contributed by atoms with van der Waals surface area (Å²) in [6.45, 7) is 2.59. The molecule has 120 valence electrons. The first kappa shape index (κ1) is 16.3. The summed E-state index contributed by atoms with van der Waals surface area (Å²) in [5.41, 5.74) is 0.981. The van der Waals surface area contributed by atoms with Crippen molar-refractivity contribution in [3.05, 3.63) is 35.6 Å². The average molecular weight is 307 g/mol. The summed E-state index contributed by atoms with van der Waals surface area (Å²) in [5.74, 6) is -0.0466. The number of nitrogens with zero attached hydrogens (tertiary/aromatic N) is 1. The third kappa shape index (κ3) is 5.35. The molecule has 2 rings (SSSR count). The Balaban J connectivity index is 1.52. The molecule has 0 atom stereocenters. The molecule has 0 saturated carbocycles. The highest BCUT2D eigenvalue weighted by Gasteiger charge is 2.18. The van der Waals surface area contributed by atoms with Gasteiger partial charge in [-0.2, -0.15) is 0 Å². The lowest BCUT2D eigenvalue weighted by Crippen LogP contribution is -2.38. The van der Waals surface area contributed by atoms with Crippen molar-refractivity contribution in [1.29, 1.82) is 0 Å². The number of hydrogen-bond acceptors (Lipinski definition) is 2. The minimum atomic E-state index is -0.258. The molecule has 1 saturated heterocycles. The predicted octanol–water partition coefficient (Wildman–Crippen LogP) is 1.68. The number of carbonyl (C=O) groups is 2. The van der Waals surface area contributed by atoms with E-state index in [1.165, 1.54) is 12.1 Å². The zero-order chi connectivity index (χ0) is 15.8. The first-order valence-corrected chi connectivity index (χ1v) is 7.69. The van der Waals surface area contributed by atoms with Gasteiger partial charge in [-0.25, -0.2) is 9.18 Å². The molecule has 0 bridgehead atoms. The maximum atomic E-state index is 12.7. The molecule has 5 nitrogen and oxygen atoms in total. The number of rotatable bonds is 7. The van der Waals surface area contributed by atoms with E-state index in [4.69, 9.17) is 0 Å². The Morgan fingerprint density at radius 2 is 1.91 bits per heavy atom. The van der Waals surface area contributed by atoms with Crippen molar-refractivity contribution >= 4 is 11.9 Å². The first-order valence-electron chi connectivity index (χ1n) is 7.69. The summed E-state index contributed by atoms with van der Waals surface area (Å²) in [6, 6.07) is 6.03. The Morgan fingerprint density at radius 3 is 2.59 bits per heavy atom. The molecule has 1 heterocycles. The monoisotopic (exact) mass is 307 g/mol. The number of nitrogens with one attached hydrogen (secondary N) is 2. The van der Waals surface area contributed by atoms with Crippen LogP contribution < -0.4 is 10.6 Å². The van der Waals surface area contributed by atoms with Crippen LogP contribution in [0.4, 0.5) is 9.18 Å². The SMILES string of the molecule is O=C(NCCCN1CCCC1=O)NCCc1ccc(F)cc1. The fourth-order valence-electron chi connectivity index (χ4n) is 2.45. The largest absolute Gasteiger partial charge is 0.343 e. The van der Waals surface area contributed by atoms with Crippen LogP contribution in [-0.2, 0) is 11.2 Å². The van der Waals surface area contributed by atoms with Crippen LogP contribution >= 0.6 is 0 Å². The summed E-state index contributed by atoms with van der Waals surface area (Å²) in [7, 11) is 0. The van der Waals surface area contributed by atoms with Crippen molar-refractivity contribution in [2.45, 2.75) is 25.7 Å². The van der Waals surface area contributed by atoms with Gasteiger partial charge in [-0.1, -0.05) is 12.1 Å². The lowest BCUT2D eigenvalue weighted by atomic mass is 10.1. The highest BCUT2D eigenvalue weighted by molar-refractivity contribution is 5.78. The highest BCUT2D eigenvalue weighted by Crippen LogP contribution is 2.09. The molecule has 1 aliphatic rings. The maximum Gasteiger partial charge on any atom is 0.314 e. The summed E-state index contributed by atoms with van der Waals surface area (Å²) in [6.07, 6.45) is 3.01. The van der Waals surface area contributed by atoms with Gasteiger partial charge in [-0.3, -0.25) is 4.79 Å². The average Bonchev–Trinajstić information content (AvgIpc) is 2.91. The van der Waals surface area contributed by atoms with E-state index >= 15 is 0 Å². The van der Waals surface area contributed by atoms with Crippen LogP contribution in [0.5, 0.6) is 0 Å². The second-order valence-corrected chi connectivity index (χ2v) is 5.40. The van der Waals surface area contributed by atoms with Crippen molar-refractivity contribution in [3.8, 4) is 0 Å². The molecule has 0 aromatic heterocycles. The zero-order valence-corrected chi connectivity index (χ0v) is 12.6. The molecule has 2 N–H and O–H groups in total. The smallest absolute Gasteiger partial charge is 0.314 e. The van der Waals surface area contributed by atoms with E-state index in [9.17, 15) is 14.0 Å². The molecule has 3 amide bonds. The van der Waals surface area contributed by atoms with Gasteiger partial charge in [0.25, 0.3) is 0 Å². The molecule has 0 aliphatic carbocycles. The summed E-state index contributed by atoms with van der Waals surface area (Å²) in [4.78, 5) is 24.8. The molecule has 1 fully saturated rings. The fourth-order valence-corrected chi connectivity index (χ4v) is 2.45. The molecule has 22 heavy (non-hydrogen) atoms. The summed E-state index contributed by atoms with van der Waals surface area (Å²) < 4.78 is 12.7. The van der Waals surface area contributed by atoms with Gasteiger partial charge in [0.2, 0.25) is 5.91 Å². The second-order valence-electron chi connectivity index (χ2n) is 5.40. The number of carbonyl (C=O) groups excluding carboxylic acids is 2. The van der Waals surface area contributed by atoms with E-state index in [0.717, 1.165) is 24.9 Å². The van der Waals surface area contributed by atoms with E-state index in [1.54, 1.807) is 12.1 Å². The lowest BCUT2D eigenvalue weighted by molar-refractivity contribution is -0.127. The minimum absolute atomic E-state index is 0.212. The van der Waals surface area contributed by atoms with Gasteiger partial charge in [0.05, 0.1) is 0 Å². The van der Waals surface area contributed by atoms with Gasteiger partial charge < -0.3 is 15.5 Å². The number of likely N-dealkylation sites (tertiary alicyclic amines) is 1. The normalized spacial score (nSPS) is 14.2. The van der Waals surface area contributed by atoms with Crippen LogP contribution in [0.25, 0.3) is 0 Å². The fraction of sp³-hybridized carbons (Fsp3) is 0.500. The molecule has 1 aromatic carbocycles. The second kappa shape index (κ2) is 8.36. The molecule has 1 aliphatic heterocycles. The molecular formula is C16H22FN3O2. The summed E-state index contributed by atoms with van der Waals surface area (Å²) in [5, 5.41) is 5.53. The first-order chi connectivity index (χ1) is 10.6. The zero-order valence-electron chi connectivity index (χ0n) is 12.6. The van der Waals surface area contributed by atoms with Crippen molar-refractivity contribution in [2.75, 3.05) is 26.2 Å². The number of amides is 3. The Morgan fingerprint density at radius 1 is 1.18 bits per heavy atom. The van der Waals surface area contributed by atoms with E-state index in [1.807, 2.05) is 4.90 Å². The standard InChI is InChI=1S/C16H22FN3O2/c17-14-6-4-13(5-7-14)8-10-19-16(22)18-9-2-12-20-11-1-3-15(20)21/h4-7H,1-3,8-12H2,(H2,18,19,22). The van der Waals surface area contributed by atoms with Gasteiger partial charge in [0.1, 0.15) is 5.82 Å². The van der Waals surface area contributed by atoms with E-state index in [-0.39, 0.29) is 17.8 Å². The maximum absolute atomic E-state index is 12.7. The third-order valence-corrected chi connectivity index (χ3v) is 3.67. The molecule has 0 unspecified atom stereocenters. The molecular weight excluding hydrogens is 285 g/mol. The highest BCUT2D eigenvalue weighted by atomic mass is 19.1. The molecule has 0 spiro atoms. The van der Waals surface area contributed by atoms with Crippen LogP contribution in [0.1, 0.15) is 24.8 Å². The molecule has 1 aromatic rings. The van der Waals surface area contributed by atoms with Gasteiger partial charge >= 0.3 is 6.03 Å². The van der Waals surface area contributed by atoms with Gasteiger partial charge in [0.15, 0.2) is 0 Å². The predicted molar refractivity (Wildman–Crippen MR) is 81.9 cm³/mol. The number of benzene rings is 1. The van der Waals surface area contributed by atoms with Crippen LogP contribution in [-0.4, -0.2) is 43.0 Å². The minimum Gasteiger partial charge on any atom is -0.343 e. The third-order valence-electron chi connectivity index (χ3n) is 3.67. The number of urea groups is 1. The Bertz CT molecular complexity index is 505. The lowest BCUT2D eigenvalue weighted by Gasteiger charge is -2.15. The van der Waals surface area contributed by atoms with Gasteiger partial charge in [-0.15, -0.1) is 0 Å². The van der Waals surface area contributed by atoms with Crippen molar-refractivity contribution in [2.24, 2.45) is 0 Å². The van der Waals surface area contributed by atoms with Crippen LogP contribution in [0, 0.1) is 5.82 Å². The Labute approximate surface area is 129 Å². The van der Waals surface area contributed by atoms with Crippen molar-refractivity contribution in [1.82, 2.24) is 15.5 Å². The molecule has 0 radical (unpaired) electrons. The Kier molecular flexibility index (Phi) is 6.18. The van der Waals surface area contributed by atoms with Crippen LogP contribution in [0.3, 0.4) is 0 Å². The summed E-state index contributed by atoms with van der Waals surface area (Å²) >= 11 is 0. The van der Waals surface area contributed by atoms with Crippen LogP contribution in [0.2, 0.25) is 0 Å². The Hall–Kier alpha value is -2.11. The molecule has 6 heteroatoms. The van der Waals surface area contributed by atoms with Crippen molar-refractivity contribution < 1.29 is 14.0 Å². The van der Waals surface area contributed by atoms with E-state index < -0.39 is 0 Å². The van der Waals surface area contributed by atoms with E-state index in [0.29, 0.717) is 32.5 Å². The van der Waals surface area contributed by atoms with Gasteiger partial charge in [0, 0.05) is 32.6 Å².